The Balaban J connectivity index is 2.17. The number of nitrogens with one attached hydrogen (secondary N) is 1. The van der Waals surface area contributed by atoms with E-state index in [4.69, 9.17) is 9.98 Å². The maximum atomic E-state index is 4.84. The smallest absolute Gasteiger partial charge is 0.176 e. The van der Waals surface area contributed by atoms with E-state index < -0.39 is 0 Å². The van der Waals surface area contributed by atoms with Crippen molar-refractivity contribution in [2.45, 2.75) is 65.0 Å². The fourth-order valence-electron chi connectivity index (χ4n) is 2.80. The Labute approximate surface area is 119 Å². The number of aromatic nitrogens is 4. The second-order valence-corrected chi connectivity index (χ2v) is 5.90. The highest BCUT2D eigenvalue weighted by Crippen LogP contribution is 2.20. The molecule has 1 aliphatic rings. The van der Waals surface area contributed by atoms with E-state index in [9.17, 15) is 0 Å². The monoisotopic (exact) mass is 273 g/mol. The van der Waals surface area contributed by atoms with Gasteiger partial charge in [-0.2, -0.15) is 0 Å². The SMILES string of the molecule is CCn1cnc(=NC2CCCC2)c2[nH]c(C(C)C)nc21. The molecule has 2 aromatic heterocycles. The van der Waals surface area contributed by atoms with Gasteiger partial charge in [-0.25, -0.2) is 9.97 Å². The van der Waals surface area contributed by atoms with Crippen molar-refractivity contribution in [2.24, 2.45) is 4.99 Å². The molecule has 0 unspecified atom stereocenters. The number of fused-ring (bicyclic) bond motifs is 1. The Morgan fingerprint density at radius 1 is 1.40 bits per heavy atom. The molecule has 2 heterocycles. The van der Waals surface area contributed by atoms with Gasteiger partial charge in [-0.05, 0) is 19.8 Å². The third-order valence-electron chi connectivity index (χ3n) is 4.04. The van der Waals surface area contributed by atoms with E-state index in [1.165, 1.54) is 25.7 Å². The molecule has 1 saturated carbocycles. The van der Waals surface area contributed by atoms with Gasteiger partial charge in [-0.3, -0.25) is 4.99 Å². The number of H-pyrrole nitrogens is 1. The van der Waals surface area contributed by atoms with Gasteiger partial charge in [0.05, 0.1) is 12.4 Å². The summed E-state index contributed by atoms with van der Waals surface area (Å²) < 4.78 is 2.07. The molecule has 0 aromatic carbocycles. The predicted molar refractivity (Wildman–Crippen MR) is 79.5 cm³/mol. The van der Waals surface area contributed by atoms with Gasteiger partial charge in [-0.15, -0.1) is 0 Å². The van der Waals surface area contributed by atoms with Crippen LogP contribution in [0.1, 0.15) is 58.2 Å². The van der Waals surface area contributed by atoms with Crippen LogP contribution in [0.4, 0.5) is 0 Å². The number of hydrogen-bond acceptors (Lipinski definition) is 3. The summed E-state index contributed by atoms with van der Waals surface area (Å²) in [6, 6.07) is 0.439. The van der Waals surface area contributed by atoms with Crippen LogP contribution >= 0.6 is 0 Å². The first-order valence-electron chi connectivity index (χ1n) is 7.68. The number of nitrogens with zero attached hydrogens (tertiary/aromatic N) is 4. The summed E-state index contributed by atoms with van der Waals surface area (Å²) in [4.78, 5) is 17.5. The number of rotatable bonds is 3. The van der Waals surface area contributed by atoms with E-state index in [1.807, 2.05) is 6.33 Å². The van der Waals surface area contributed by atoms with E-state index in [2.05, 4.69) is 35.3 Å². The molecule has 1 fully saturated rings. The van der Waals surface area contributed by atoms with Crippen molar-refractivity contribution >= 4 is 11.2 Å². The lowest BCUT2D eigenvalue weighted by molar-refractivity contribution is 0.675. The molecule has 2 aromatic rings. The van der Waals surface area contributed by atoms with Crippen LogP contribution in [0.15, 0.2) is 11.3 Å². The number of hydrogen-bond donors (Lipinski definition) is 1. The quantitative estimate of drug-likeness (QED) is 0.934. The molecule has 1 N–H and O–H groups in total. The molecule has 5 heteroatoms. The average Bonchev–Trinajstić information content (AvgIpc) is 3.07. The molecule has 1 aliphatic carbocycles. The molecule has 20 heavy (non-hydrogen) atoms. The molecular weight excluding hydrogens is 250 g/mol. The van der Waals surface area contributed by atoms with Crippen LogP contribution in [0.25, 0.3) is 11.2 Å². The van der Waals surface area contributed by atoms with Crippen LogP contribution in [0, 0.1) is 0 Å². The van der Waals surface area contributed by atoms with E-state index in [-0.39, 0.29) is 0 Å². The lowest BCUT2D eigenvalue weighted by atomic mass is 10.2. The molecular formula is C15H23N5. The molecule has 0 aliphatic heterocycles. The second-order valence-electron chi connectivity index (χ2n) is 5.90. The highest BCUT2D eigenvalue weighted by Gasteiger charge is 2.15. The van der Waals surface area contributed by atoms with Gasteiger partial charge in [-0.1, -0.05) is 26.7 Å². The molecule has 0 spiro atoms. The van der Waals surface area contributed by atoms with Crippen molar-refractivity contribution < 1.29 is 0 Å². The summed E-state index contributed by atoms with van der Waals surface area (Å²) >= 11 is 0. The molecule has 3 rings (SSSR count). The molecule has 0 radical (unpaired) electrons. The van der Waals surface area contributed by atoms with Gasteiger partial charge in [0.2, 0.25) is 0 Å². The minimum absolute atomic E-state index is 0.382. The summed E-state index contributed by atoms with van der Waals surface area (Å²) in [5.74, 6) is 1.39. The van der Waals surface area contributed by atoms with Gasteiger partial charge in [0.25, 0.3) is 0 Å². The fourth-order valence-corrected chi connectivity index (χ4v) is 2.80. The maximum Gasteiger partial charge on any atom is 0.176 e. The highest BCUT2D eigenvalue weighted by molar-refractivity contribution is 5.69. The second kappa shape index (κ2) is 5.38. The van der Waals surface area contributed by atoms with Crippen molar-refractivity contribution in [3.8, 4) is 0 Å². The first kappa shape index (κ1) is 13.3. The summed E-state index contributed by atoms with van der Waals surface area (Å²) in [5, 5.41) is 0. The summed E-state index contributed by atoms with van der Waals surface area (Å²) in [5.41, 5.74) is 2.80. The average molecular weight is 273 g/mol. The van der Waals surface area contributed by atoms with E-state index >= 15 is 0 Å². The molecule has 0 bridgehead atoms. The number of imidazole rings is 1. The minimum Gasteiger partial charge on any atom is -0.337 e. The Morgan fingerprint density at radius 3 is 2.80 bits per heavy atom. The lowest BCUT2D eigenvalue weighted by Gasteiger charge is -2.04. The molecule has 0 saturated heterocycles. The first-order chi connectivity index (χ1) is 9.69. The predicted octanol–water partition coefficient (Wildman–Crippen LogP) is 2.75. The van der Waals surface area contributed by atoms with Crippen LogP contribution < -0.4 is 5.49 Å². The Kier molecular flexibility index (Phi) is 3.59. The van der Waals surface area contributed by atoms with Crippen molar-refractivity contribution in [1.82, 2.24) is 19.5 Å². The molecule has 0 atom stereocenters. The largest absolute Gasteiger partial charge is 0.337 e. The maximum absolute atomic E-state index is 4.84. The Bertz CT molecular complexity index is 658. The van der Waals surface area contributed by atoms with Crippen LogP contribution in [0.3, 0.4) is 0 Å². The number of aryl methyl sites for hydroxylation is 1. The highest BCUT2D eigenvalue weighted by atomic mass is 15.1. The molecule has 108 valence electrons. The topological polar surface area (TPSA) is 58.9 Å². The Hall–Kier alpha value is -1.65. The lowest BCUT2D eigenvalue weighted by Crippen LogP contribution is -2.17. The molecule has 0 amide bonds. The van der Waals surface area contributed by atoms with E-state index in [1.54, 1.807) is 0 Å². The van der Waals surface area contributed by atoms with Crippen LogP contribution in [-0.2, 0) is 6.54 Å². The summed E-state index contributed by atoms with van der Waals surface area (Å²) in [6.45, 7) is 7.28. The van der Waals surface area contributed by atoms with Crippen molar-refractivity contribution in [3.63, 3.8) is 0 Å². The van der Waals surface area contributed by atoms with E-state index in [0.29, 0.717) is 12.0 Å². The van der Waals surface area contributed by atoms with Gasteiger partial charge < -0.3 is 9.55 Å². The summed E-state index contributed by atoms with van der Waals surface area (Å²) in [6.07, 6.45) is 6.83. The van der Waals surface area contributed by atoms with Crippen molar-refractivity contribution in [2.75, 3.05) is 0 Å². The van der Waals surface area contributed by atoms with Crippen LogP contribution in [0.5, 0.6) is 0 Å². The van der Waals surface area contributed by atoms with Gasteiger partial charge in [0.1, 0.15) is 11.3 Å². The summed E-state index contributed by atoms with van der Waals surface area (Å²) in [7, 11) is 0. The number of aromatic amines is 1. The normalized spacial score (nSPS) is 17.7. The zero-order valence-electron chi connectivity index (χ0n) is 12.6. The standard InChI is InChI=1S/C15H23N5/c1-4-20-9-16-14(17-11-7-5-6-8-11)12-15(20)19-13(18-12)10(2)3/h9-11H,4-8H2,1-3H3,(H,18,19). The Morgan fingerprint density at radius 2 is 2.15 bits per heavy atom. The van der Waals surface area contributed by atoms with Crippen LogP contribution in [0.2, 0.25) is 0 Å². The molecule has 5 nitrogen and oxygen atoms in total. The third-order valence-corrected chi connectivity index (χ3v) is 4.04. The third kappa shape index (κ3) is 2.37. The zero-order chi connectivity index (χ0) is 14.1. The van der Waals surface area contributed by atoms with Crippen LogP contribution in [-0.4, -0.2) is 25.6 Å². The van der Waals surface area contributed by atoms with Gasteiger partial charge >= 0.3 is 0 Å². The van der Waals surface area contributed by atoms with Crippen molar-refractivity contribution in [1.29, 1.82) is 0 Å². The van der Waals surface area contributed by atoms with Gasteiger partial charge in [0.15, 0.2) is 11.1 Å². The fraction of sp³-hybridized carbons (Fsp3) is 0.667. The zero-order valence-corrected chi connectivity index (χ0v) is 12.6. The first-order valence-corrected chi connectivity index (χ1v) is 7.68. The minimum atomic E-state index is 0.382. The van der Waals surface area contributed by atoms with Gasteiger partial charge in [0, 0.05) is 12.5 Å². The van der Waals surface area contributed by atoms with E-state index in [0.717, 1.165) is 29.0 Å². The van der Waals surface area contributed by atoms with Crippen molar-refractivity contribution in [3.05, 3.63) is 17.6 Å².